The maximum atomic E-state index is 12.5. The third kappa shape index (κ3) is 3.46. The molecule has 5 heteroatoms. The molecule has 1 aromatic carbocycles. The lowest BCUT2D eigenvalue weighted by atomic mass is 10.2. The molecule has 1 unspecified atom stereocenters. The van der Waals surface area contributed by atoms with Crippen LogP contribution in [0.1, 0.15) is 17.7 Å². The molecule has 0 radical (unpaired) electrons. The molecule has 5 nitrogen and oxygen atoms in total. The van der Waals surface area contributed by atoms with Crippen molar-refractivity contribution in [2.24, 2.45) is 0 Å². The number of carbonyl (C=O) groups is 2. The zero-order valence-electron chi connectivity index (χ0n) is 13.0. The summed E-state index contributed by atoms with van der Waals surface area (Å²) < 4.78 is 0. The summed E-state index contributed by atoms with van der Waals surface area (Å²) in [5, 5.41) is 3.17. The van der Waals surface area contributed by atoms with Crippen molar-refractivity contribution in [3.8, 4) is 0 Å². The summed E-state index contributed by atoms with van der Waals surface area (Å²) in [7, 11) is 0. The fourth-order valence-corrected chi connectivity index (χ4v) is 2.68. The van der Waals surface area contributed by atoms with Crippen LogP contribution in [0.25, 0.3) is 0 Å². The van der Waals surface area contributed by atoms with Gasteiger partial charge < -0.3 is 5.32 Å². The maximum absolute atomic E-state index is 12.5. The number of pyridine rings is 1. The van der Waals surface area contributed by atoms with E-state index in [1.54, 1.807) is 18.3 Å². The number of benzene rings is 1. The largest absolute Gasteiger partial charge is 0.305 e. The van der Waals surface area contributed by atoms with Crippen LogP contribution in [0, 0.1) is 6.92 Å². The van der Waals surface area contributed by atoms with Crippen molar-refractivity contribution in [2.75, 3.05) is 11.4 Å². The van der Waals surface area contributed by atoms with Gasteiger partial charge in [-0.05, 0) is 31.2 Å². The minimum Gasteiger partial charge on any atom is -0.305 e. The van der Waals surface area contributed by atoms with Crippen LogP contribution in [0.4, 0.5) is 5.69 Å². The van der Waals surface area contributed by atoms with E-state index in [0.29, 0.717) is 12.2 Å². The summed E-state index contributed by atoms with van der Waals surface area (Å²) in [6.07, 6.45) is 2.68. The Morgan fingerprint density at radius 2 is 1.96 bits per heavy atom. The smallest absolute Gasteiger partial charge is 0.251 e. The highest BCUT2D eigenvalue weighted by Crippen LogP contribution is 2.23. The Labute approximate surface area is 135 Å². The SMILES string of the molecule is Cc1ccc(N2C(=O)CC(NCCc3ccccn3)C2=O)cc1. The Balaban J connectivity index is 1.61. The molecule has 1 aliphatic heterocycles. The molecule has 3 rings (SSSR count). The van der Waals surface area contributed by atoms with Gasteiger partial charge in [-0.1, -0.05) is 23.8 Å². The average Bonchev–Trinajstić information content (AvgIpc) is 2.84. The first-order valence-corrected chi connectivity index (χ1v) is 7.72. The van der Waals surface area contributed by atoms with Gasteiger partial charge in [0.05, 0.1) is 18.2 Å². The first kappa shape index (κ1) is 15.4. The van der Waals surface area contributed by atoms with E-state index in [1.807, 2.05) is 37.3 Å². The van der Waals surface area contributed by atoms with Gasteiger partial charge in [0.1, 0.15) is 0 Å². The van der Waals surface area contributed by atoms with E-state index >= 15 is 0 Å². The number of hydrogen-bond donors (Lipinski definition) is 1. The number of nitrogens with one attached hydrogen (secondary N) is 1. The van der Waals surface area contributed by atoms with Crippen molar-refractivity contribution in [2.45, 2.75) is 25.8 Å². The third-order valence-corrected chi connectivity index (χ3v) is 3.94. The Bertz CT molecular complexity index is 698. The van der Waals surface area contributed by atoms with Crippen molar-refractivity contribution in [1.29, 1.82) is 0 Å². The highest BCUT2D eigenvalue weighted by Gasteiger charge is 2.39. The number of aromatic nitrogens is 1. The highest BCUT2D eigenvalue weighted by molar-refractivity contribution is 6.22. The number of aryl methyl sites for hydroxylation is 1. The van der Waals surface area contributed by atoms with Gasteiger partial charge in [0.25, 0.3) is 5.91 Å². The number of rotatable bonds is 5. The van der Waals surface area contributed by atoms with Crippen molar-refractivity contribution >= 4 is 17.5 Å². The average molecular weight is 309 g/mol. The lowest BCUT2D eigenvalue weighted by molar-refractivity contribution is -0.121. The van der Waals surface area contributed by atoms with Crippen LogP contribution in [-0.2, 0) is 16.0 Å². The molecule has 118 valence electrons. The molecule has 1 aromatic heterocycles. The zero-order valence-corrected chi connectivity index (χ0v) is 13.0. The number of hydrogen-bond acceptors (Lipinski definition) is 4. The molecule has 1 saturated heterocycles. The topological polar surface area (TPSA) is 62.3 Å². The Morgan fingerprint density at radius 1 is 1.17 bits per heavy atom. The lowest BCUT2D eigenvalue weighted by Gasteiger charge is -2.15. The summed E-state index contributed by atoms with van der Waals surface area (Å²) >= 11 is 0. The summed E-state index contributed by atoms with van der Waals surface area (Å²) in [6, 6.07) is 12.7. The van der Waals surface area contributed by atoms with Crippen LogP contribution in [-0.4, -0.2) is 29.4 Å². The summed E-state index contributed by atoms with van der Waals surface area (Å²) in [6.45, 7) is 2.59. The van der Waals surface area contributed by atoms with Gasteiger partial charge in [-0.2, -0.15) is 0 Å². The molecule has 0 aliphatic carbocycles. The molecule has 1 N–H and O–H groups in total. The fourth-order valence-electron chi connectivity index (χ4n) is 2.68. The van der Waals surface area contributed by atoms with E-state index in [9.17, 15) is 9.59 Å². The number of carbonyl (C=O) groups excluding carboxylic acids is 2. The third-order valence-electron chi connectivity index (χ3n) is 3.94. The van der Waals surface area contributed by atoms with E-state index in [-0.39, 0.29) is 18.2 Å². The number of amides is 2. The van der Waals surface area contributed by atoms with Crippen molar-refractivity contribution in [3.63, 3.8) is 0 Å². The van der Waals surface area contributed by atoms with E-state index in [4.69, 9.17) is 0 Å². The Kier molecular flexibility index (Phi) is 4.48. The van der Waals surface area contributed by atoms with Crippen molar-refractivity contribution in [1.82, 2.24) is 10.3 Å². The Hall–Kier alpha value is -2.53. The molecule has 2 aromatic rings. The maximum Gasteiger partial charge on any atom is 0.251 e. The van der Waals surface area contributed by atoms with Gasteiger partial charge in [-0.15, -0.1) is 0 Å². The molecule has 0 saturated carbocycles. The predicted molar refractivity (Wildman–Crippen MR) is 88.0 cm³/mol. The van der Waals surface area contributed by atoms with Gasteiger partial charge in [-0.3, -0.25) is 14.6 Å². The van der Waals surface area contributed by atoms with Crippen LogP contribution >= 0.6 is 0 Å². The summed E-state index contributed by atoms with van der Waals surface area (Å²) in [4.78, 5) is 30.2. The highest BCUT2D eigenvalue weighted by atomic mass is 16.2. The second-order valence-corrected chi connectivity index (χ2v) is 5.68. The van der Waals surface area contributed by atoms with E-state index in [1.165, 1.54) is 4.90 Å². The molecule has 1 aliphatic rings. The molecule has 0 bridgehead atoms. The van der Waals surface area contributed by atoms with Crippen LogP contribution in [0.3, 0.4) is 0 Å². The Morgan fingerprint density at radius 3 is 2.65 bits per heavy atom. The van der Waals surface area contributed by atoms with Gasteiger partial charge in [0.2, 0.25) is 5.91 Å². The van der Waals surface area contributed by atoms with Crippen molar-refractivity contribution in [3.05, 3.63) is 59.9 Å². The summed E-state index contributed by atoms with van der Waals surface area (Å²) in [5.41, 5.74) is 2.70. The van der Waals surface area contributed by atoms with E-state index < -0.39 is 6.04 Å². The quantitative estimate of drug-likeness (QED) is 0.856. The standard InChI is InChI=1S/C18H19N3O2/c1-13-5-7-15(8-6-13)21-17(22)12-16(18(21)23)20-11-9-14-4-2-3-10-19-14/h2-8,10,16,20H,9,11-12H2,1H3. The monoisotopic (exact) mass is 309 g/mol. The van der Waals surface area contributed by atoms with Gasteiger partial charge in [0, 0.05) is 24.9 Å². The van der Waals surface area contributed by atoms with Crippen molar-refractivity contribution < 1.29 is 9.59 Å². The minimum atomic E-state index is -0.451. The number of nitrogens with zero attached hydrogens (tertiary/aromatic N) is 2. The molecule has 1 fully saturated rings. The number of imide groups is 1. The van der Waals surface area contributed by atoms with Gasteiger partial charge in [0.15, 0.2) is 0 Å². The van der Waals surface area contributed by atoms with Gasteiger partial charge >= 0.3 is 0 Å². The van der Waals surface area contributed by atoms with E-state index in [0.717, 1.165) is 17.7 Å². The van der Waals surface area contributed by atoms with Gasteiger partial charge in [-0.25, -0.2) is 4.90 Å². The summed E-state index contributed by atoms with van der Waals surface area (Å²) in [5.74, 6) is -0.339. The normalized spacial score (nSPS) is 17.8. The second-order valence-electron chi connectivity index (χ2n) is 5.68. The molecule has 1 atom stereocenters. The lowest BCUT2D eigenvalue weighted by Crippen LogP contribution is -2.39. The molecule has 23 heavy (non-hydrogen) atoms. The first-order chi connectivity index (χ1) is 11.1. The molecule has 2 heterocycles. The molecule has 0 spiro atoms. The zero-order chi connectivity index (χ0) is 16.2. The molecule has 2 amide bonds. The van der Waals surface area contributed by atoms with Crippen LogP contribution in [0.5, 0.6) is 0 Å². The van der Waals surface area contributed by atoms with Crippen LogP contribution in [0.2, 0.25) is 0 Å². The predicted octanol–water partition coefficient (Wildman–Crippen LogP) is 1.85. The second kappa shape index (κ2) is 6.71. The van der Waals surface area contributed by atoms with E-state index in [2.05, 4.69) is 10.3 Å². The van der Waals surface area contributed by atoms with Crippen LogP contribution in [0.15, 0.2) is 48.7 Å². The van der Waals surface area contributed by atoms with Crippen LogP contribution < -0.4 is 10.2 Å². The minimum absolute atomic E-state index is 0.158. The molecular weight excluding hydrogens is 290 g/mol. The molecular formula is C18H19N3O2. The number of anilines is 1. The first-order valence-electron chi connectivity index (χ1n) is 7.72. The fraction of sp³-hybridized carbons (Fsp3) is 0.278.